The van der Waals surface area contributed by atoms with Crippen LogP contribution in [0, 0.1) is 11.8 Å². The summed E-state index contributed by atoms with van der Waals surface area (Å²) in [6.45, 7) is 8.49. The average molecular weight is 727 g/mol. The van der Waals surface area contributed by atoms with Crippen LogP contribution in [-0.4, -0.2) is 30.0 Å². The topological polar surface area (TPSA) is 60.8 Å². The van der Waals surface area contributed by atoms with Crippen LogP contribution >= 0.6 is 38.5 Å². The Kier molecular flexibility index (Phi) is 8.89. The lowest BCUT2D eigenvalue weighted by Crippen LogP contribution is -2.37. The van der Waals surface area contributed by atoms with E-state index >= 15 is 0 Å². The zero-order valence-electron chi connectivity index (χ0n) is 23.4. The maximum atomic E-state index is 14.1. The van der Waals surface area contributed by atoms with Crippen molar-refractivity contribution in [1.29, 1.82) is 0 Å². The number of amides is 1. The molecule has 1 atom stereocenters. The quantitative estimate of drug-likeness (QED) is 0.186. The Morgan fingerprint density at radius 1 is 0.829 bits per heavy atom. The van der Waals surface area contributed by atoms with Gasteiger partial charge in [0.15, 0.2) is 0 Å². The molecule has 0 fully saturated rings. The van der Waals surface area contributed by atoms with Crippen LogP contribution in [0.15, 0.2) is 86.9 Å². The smallest absolute Gasteiger partial charge is 0.420 e. The highest BCUT2D eigenvalue weighted by molar-refractivity contribution is 14.1. The highest BCUT2D eigenvalue weighted by Crippen LogP contribution is 2.54. The van der Waals surface area contributed by atoms with E-state index in [0.717, 1.165) is 30.1 Å². The normalized spacial score (nSPS) is 15.0. The highest BCUT2D eigenvalue weighted by Gasteiger charge is 2.43. The number of hydrogen-bond donors (Lipinski definition) is 0. The second-order valence-corrected chi connectivity index (χ2v) is 13.0. The highest BCUT2D eigenvalue weighted by atomic mass is 127. The number of fused-ring (bicyclic) bond motifs is 3. The van der Waals surface area contributed by atoms with Crippen LogP contribution in [0.5, 0.6) is 0 Å². The Hall–Kier alpha value is -3.11. The van der Waals surface area contributed by atoms with Crippen LogP contribution < -0.4 is 4.90 Å². The van der Waals surface area contributed by atoms with Crippen molar-refractivity contribution < 1.29 is 19.1 Å². The fourth-order valence-corrected chi connectivity index (χ4v) is 6.52. The van der Waals surface area contributed by atoms with Gasteiger partial charge >= 0.3 is 12.2 Å². The lowest BCUT2D eigenvalue weighted by atomic mass is 9.86. The Morgan fingerprint density at radius 2 is 1.41 bits per heavy atom. The third kappa shape index (κ3) is 5.81. The SMILES string of the molecule is CC(C)COC(=O)N1C(c2ccccc2)=C(I)C(c2ccc(Br)cc2)c2c1n(C(=O)OCC(C)C)c1ccccc21. The zero-order valence-corrected chi connectivity index (χ0v) is 27.2. The van der Waals surface area contributed by atoms with E-state index < -0.39 is 12.2 Å². The molecular weight excluding hydrogens is 695 g/mol. The van der Waals surface area contributed by atoms with Crippen LogP contribution in [0.4, 0.5) is 15.4 Å². The van der Waals surface area contributed by atoms with Gasteiger partial charge in [-0.2, -0.15) is 0 Å². The molecule has 41 heavy (non-hydrogen) atoms. The molecule has 0 saturated heterocycles. The lowest BCUT2D eigenvalue weighted by molar-refractivity contribution is 0.135. The van der Waals surface area contributed by atoms with Crippen LogP contribution in [0.25, 0.3) is 16.6 Å². The number of halogens is 2. The minimum atomic E-state index is -0.539. The summed E-state index contributed by atoms with van der Waals surface area (Å²) in [7, 11) is 0. The number of nitrogens with zero attached hydrogens (tertiary/aromatic N) is 2. The lowest BCUT2D eigenvalue weighted by Gasteiger charge is -2.35. The van der Waals surface area contributed by atoms with Gasteiger partial charge in [-0.1, -0.05) is 104 Å². The Labute approximate surface area is 262 Å². The molecule has 0 radical (unpaired) electrons. The molecular formula is C33H32BrIN2O4. The third-order valence-electron chi connectivity index (χ3n) is 6.79. The first-order valence-electron chi connectivity index (χ1n) is 13.7. The molecule has 0 bridgehead atoms. The van der Waals surface area contributed by atoms with E-state index in [0.29, 0.717) is 17.0 Å². The number of para-hydroxylation sites is 1. The molecule has 1 aromatic heterocycles. The fourth-order valence-electron chi connectivity index (χ4n) is 5.03. The second kappa shape index (κ2) is 12.4. The number of hydrogen-bond acceptors (Lipinski definition) is 4. The van der Waals surface area contributed by atoms with E-state index in [1.54, 1.807) is 9.47 Å². The molecule has 1 unspecified atom stereocenters. The summed E-state index contributed by atoms with van der Waals surface area (Å²) in [4.78, 5) is 29.5. The monoisotopic (exact) mass is 726 g/mol. The summed E-state index contributed by atoms with van der Waals surface area (Å²) in [5.74, 6) is 0.497. The number of ether oxygens (including phenoxy) is 2. The average Bonchev–Trinajstić information content (AvgIpc) is 3.30. The van der Waals surface area contributed by atoms with Crippen molar-refractivity contribution in [2.24, 2.45) is 11.8 Å². The summed E-state index contributed by atoms with van der Waals surface area (Å²) >= 11 is 5.93. The first-order chi connectivity index (χ1) is 19.7. The third-order valence-corrected chi connectivity index (χ3v) is 8.45. The molecule has 4 aromatic rings. The van der Waals surface area contributed by atoms with Crippen molar-refractivity contribution >= 4 is 73.1 Å². The Bertz CT molecular complexity index is 1610. The van der Waals surface area contributed by atoms with Gasteiger partial charge in [-0.05, 0) is 63.8 Å². The van der Waals surface area contributed by atoms with E-state index in [4.69, 9.17) is 9.47 Å². The van der Waals surface area contributed by atoms with E-state index in [-0.39, 0.29) is 31.0 Å². The van der Waals surface area contributed by atoms with Crippen molar-refractivity contribution in [2.45, 2.75) is 33.6 Å². The summed E-state index contributed by atoms with van der Waals surface area (Å²) in [6.07, 6.45) is -1.07. The second-order valence-electron chi connectivity index (χ2n) is 10.9. The molecule has 6 nitrogen and oxygen atoms in total. The molecule has 2 heterocycles. The standard InChI is InChI=1S/C33H32BrIN2O4/c1-20(2)18-40-32(38)36-26-13-9-8-12-25(26)28-27(22-14-16-24(34)17-15-22)29(35)30(23-10-6-5-7-11-23)37(31(28)36)33(39)41-19-21(3)4/h5-17,20-21,27H,18-19H2,1-4H3. The van der Waals surface area contributed by atoms with Crippen molar-refractivity contribution in [2.75, 3.05) is 18.1 Å². The van der Waals surface area contributed by atoms with Crippen LogP contribution in [0.2, 0.25) is 0 Å². The van der Waals surface area contributed by atoms with E-state index in [2.05, 4.69) is 50.7 Å². The zero-order chi connectivity index (χ0) is 29.3. The summed E-state index contributed by atoms with van der Waals surface area (Å²) in [5.41, 5.74) is 4.10. The van der Waals surface area contributed by atoms with E-state index in [1.807, 2.05) is 94.4 Å². The number of carbonyl (C=O) groups is 2. The molecule has 212 valence electrons. The Morgan fingerprint density at radius 3 is 2.05 bits per heavy atom. The number of benzene rings is 3. The molecule has 1 amide bonds. The molecule has 0 spiro atoms. The molecule has 1 aliphatic rings. The van der Waals surface area contributed by atoms with Gasteiger partial charge in [0.25, 0.3) is 0 Å². The van der Waals surface area contributed by atoms with Gasteiger partial charge in [-0.3, -0.25) is 0 Å². The van der Waals surface area contributed by atoms with Gasteiger partial charge in [-0.25, -0.2) is 19.1 Å². The van der Waals surface area contributed by atoms with Crippen LogP contribution in [0.1, 0.15) is 50.3 Å². The molecule has 0 saturated carbocycles. The van der Waals surface area contributed by atoms with E-state index in [1.165, 1.54) is 0 Å². The number of aromatic nitrogens is 1. The number of carbonyl (C=O) groups excluding carboxylic acids is 2. The predicted octanol–water partition coefficient (Wildman–Crippen LogP) is 9.59. The van der Waals surface area contributed by atoms with E-state index in [9.17, 15) is 9.59 Å². The Balaban J connectivity index is 1.86. The molecule has 3 aromatic carbocycles. The van der Waals surface area contributed by atoms with Gasteiger partial charge in [0.2, 0.25) is 0 Å². The van der Waals surface area contributed by atoms with Gasteiger partial charge < -0.3 is 9.47 Å². The summed E-state index contributed by atoms with van der Waals surface area (Å²) < 4.78 is 15.1. The fraction of sp³-hybridized carbons (Fsp3) is 0.273. The minimum Gasteiger partial charge on any atom is -0.449 e. The molecule has 0 aliphatic carbocycles. The van der Waals surface area contributed by atoms with Gasteiger partial charge in [0.1, 0.15) is 5.82 Å². The van der Waals surface area contributed by atoms with Gasteiger partial charge in [0.05, 0.1) is 24.4 Å². The summed E-state index contributed by atoms with van der Waals surface area (Å²) in [5, 5.41) is 0.875. The van der Waals surface area contributed by atoms with Crippen LogP contribution in [-0.2, 0) is 9.47 Å². The largest absolute Gasteiger partial charge is 0.449 e. The molecule has 5 rings (SSSR count). The molecule has 0 N–H and O–H groups in total. The molecule has 8 heteroatoms. The van der Waals surface area contributed by atoms with Crippen molar-refractivity contribution in [1.82, 2.24) is 4.57 Å². The minimum absolute atomic E-state index is 0.142. The maximum absolute atomic E-state index is 14.1. The first kappa shape index (κ1) is 29.4. The van der Waals surface area contributed by atoms with Gasteiger partial charge in [0, 0.05) is 24.9 Å². The van der Waals surface area contributed by atoms with Crippen LogP contribution in [0.3, 0.4) is 0 Å². The van der Waals surface area contributed by atoms with Crippen molar-refractivity contribution in [3.63, 3.8) is 0 Å². The summed E-state index contributed by atoms with van der Waals surface area (Å²) in [6, 6.07) is 25.7. The first-order valence-corrected chi connectivity index (χ1v) is 15.5. The number of anilines is 1. The maximum Gasteiger partial charge on any atom is 0.420 e. The number of allylic oxidation sites excluding steroid dienone is 1. The number of rotatable bonds is 6. The predicted molar refractivity (Wildman–Crippen MR) is 176 cm³/mol. The van der Waals surface area contributed by atoms with Gasteiger partial charge in [-0.15, -0.1) is 0 Å². The van der Waals surface area contributed by atoms with Crippen molar-refractivity contribution in [3.8, 4) is 0 Å². The molecule has 1 aliphatic heterocycles. The van der Waals surface area contributed by atoms with Crippen molar-refractivity contribution in [3.05, 3.63) is 104 Å².